The monoisotopic (exact) mass is 1170 g/mol. The summed E-state index contributed by atoms with van der Waals surface area (Å²) in [5.74, 6) is -0.351. The Morgan fingerprint density at radius 3 is 1.28 bits per heavy atom. The second kappa shape index (κ2) is 24.3. The number of halogens is 2. The van der Waals surface area contributed by atoms with Crippen LogP contribution in [0.5, 0.6) is 0 Å². The normalized spacial score (nSPS) is 10.7. The number of hydrogen-bond acceptors (Lipinski definition) is 15. The fraction of sp³-hybridized carbons (Fsp3) is 0.135. The van der Waals surface area contributed by atoms with Crippen molar-refractivity contribution >= 4 is 180 Å². The van der Waals surface area contributed by atoms with Gasteiger partial charge in [-0.25, -0.2) is 4.79 Å². The molecule has 17 heteroatoms. The van der Waals surface area contributed by atoms with Crippen molar-refractivity contribution in [2.75, 3.05) is 19.0 Å². The van der Waals surface area contributed by atoms with E-state index in [1.165, 1.54) is 66.9 Å². The number of benzene rings is 4. The van der Waals surface area contributed by atoms with Gasteiger partial charge in [0.05, 0.1) is 75.3 Å². The number of carbonyl (C=O) groups is 4. The summed E-state index contributed by atoms with van der Waals surface area (Å²) in [6.45, 7) is 6.69. The Bertz CT molecular complexity index is 3360. The Kier molecular flexibility index (Phi) is 18.3. The maximum absolute atomic E-state index is 12.9. The second-order valence-corrected chi connectivity index (χ2v) is 22.4. The van der Waals surface area contributed by atoms with Crippen LogP contribution in [0.3, 0.4) is 0 Å². The molecule has 0 aliphatic carbocycles. The van der Waals surface area contributed by atoms with E-state index in [2.05, 4.69) is 98.6 Å². The topological polar surface area (TPSA) is 121 Å². The average molecular weight is 1180 g/mol. The first-order chi connectivity index (χ1) is 33.5. The molecular formula is C52H38Br2O8S7. The van der Waals surface area contributed by atoms with Crippen molar-refractivity contribution in [3.63, 3.8) is 0 Å². The van der Waals surface area contributed by atoms with E-state index in [9.17, 15) is 19.2 Å². The first-order valence-corrected chi connectivity index (χ1v) is 28.2. The highest BCUT2D eigenvalue weighted by Gasteiger charge is 2.28. The lowest BCUT2D eigenvalue weighted by Gasteiger charge is -2.04. The lowest BCUT2D eigenvalue weighted by Crippen LogP contribution is -2.03. The van der Waals surface area contributed by atoms with Gasteiger partial charge in [-0.2, -0.15) is 22.2 Å². The lowest BCUT2D eigenvalue weighted by atomic mass is 10.1. The minimum absolute atomic E-state index is 0.0197. The molecule has 4 aromatic carbocycles. The molecule has 0 aliphatic heterocycles. The molecule has 0 N–H and O–H groups in total. The van der Waals surface area contributed by atoms with Crippen LogP contribution in [0.2, 0.25) is 0 Å². The average Bonchev–Trinajstić information content (AvgIpc) is 4.23. The standard InChI is InChI=1S/C27H20O2S4.C20H10Br2O2S2.C4H8O2S.CO2/c1-3-17-18(15-11-7-5-8-12-15)20-23(30-17)25-26(31-20)24-21(32-25)19(16-13-9-6-10-14-16)22(33-24)27(28)29-4-2;21-13-17(15(23)11-7-3-1-4-8-11)25-20-14(22)18(26-19(13)20)16(24)12-9-5-2-6-10-12;1-2-6-4(5)3-7;2-1-3/h5-14H,3-4H2,1-2H3;1-10H;7H,2-3H2,1H3;. The van der Waals surface area contributed by atoms with Gasteiger partial charge in [0.2, 0.25) is 11.6 Å². The van der Waals surface area contributed by atoms with Gasteiger partial charge in [-0.05, 0) is 63.3 Å². The highest BCUT2D eigenvalue weighted by Crippen LogP contribution is 2.56. The maximum Gasteiger partial charge on any atom is 0.373 e. The van der Waals surface area contributed by atoms with Crippen molar-refractivity contribution in [2.45, 2.75) is 27.2 Å². The summed E-state index contributed by atoms with van der Waals surface area (Å²) in [4.78, 5) is 68.3. The number of ether oxygens (including phenoxy) is 2. The molecule has 0 saturated heterocycles. The second-order valence-electron chi connectivity index (χ2n) is 14.3. The summed E-state index contributed by atoms with van der Waals surface area (Å²) in [6, 6.07) is 39.4. The van der Waals surface area contributed by atoms with Crippen molar-refractivity contribution in [3.05, 3.63) is 161 Å². The van der Waals surface area contributed by atoms with Gasteiger partial charge in [0.15, 0.2) is 0 Å². The quantitative estimate of drug-likeness (QED) is 0.0772. The van der Waals surface area contributed by atoms with Gasteiger partial charge in [-0.1, -0.05) is 128 Å². The van der Waals surface area contributed by atoms with Crippen LogP contribution >= 0.6 is 113 Å². The Morgan fingerprint density at radius 2 is 0.870 bits per heavy atom. The molecule has 0 atom stereocenters. The predicted molar refractivity (Wildman–Crippen MR) is 297 cm³/mol. The molecule has 0 saturated carbocycles. The minimum atomic E-state index is -0.258. The number of thiophene rings is 6. The Morgan fingerprint density at radius 1 is 0.493 bits per heavy atom. The molecule has 0 spiro atoms. The highest BCUT2D eigenvalue weighted by atomic mass is 79.9. The number of esters is 2. The third-order valence-corrected chi connectivity index (χ3v) is 21.1. The predicted octanol–water partition coefficient (Wildman–Crippen LogP) is 16.3. The van der Waals surface area contributed by atoms with Crippen molar-refractivity contribution in [2.24, 2.45) is 0 Å². The summed E-state index contributed by atoms with van der Waals surface area (Å²) in [6.07, 6.45) is 1.28. The van der Waals surface area contributed by atoms with Gasteiger partial charge >= 0.3 is 18.1 Å². The molecule has 0 aliphatic rings. The van der Waals surface area contributed by atoms with Crippen molar-refractivity contribution in [1.82, 2.24) is 0 Å². The number of aryl methyl sites for hydroxylation is 1. The van der Waals surface area contributed by atoms with E-state index in [0.29, 0.717) is 39.0 Å². The largest absolute Gasteiger partial charge is 0.465 e. The Hall–Kier alpha value is -4.91. The molecular weight excluding hydrogens is 1140 g/mol. The fourth-order valence-electron chi connectivity index (χ4n) is 7.14. The zero-order chi connectivity index (χ0) is 49.2. The molecule has 0 unspecified atom stereocenters. The molecule has 0 amide bonds. The van der Waals surface area contributed by atoms with Gasteiger partial charge in [0, 0.05) is 27.1 Å². The van der Waals surface area contributed by atoms with Gasteiger partial charge in [0.1, 0.15) is 4.88 Å². The molecule has 8 nitrogen and oxygen atoms in total. The molecule has 10 rings (SSSR count). The molecule has 10 aromatic rings. The SMILES string of the molecule is CCOC(=O)CS.CCOC(=O)c1sc2c(sc3c4sc(CC)c(-c5ccccc5)c4sc23)c1-c1ccccc1.O=C(c1ccccc1)c1sc2c(Br)c(C(=O)c3ccccc3)sc2c1Br.O=C=O. The summed E-state index contributed by atoms with van der Waals surface area (Å²) < 4.78 is 21.1. The number of ketones is 2. The van der Waals surface area contributed by atoms with E-state index in [-0.39, 0.29) is 35.4 Å². The van der Waals surface area contributed by atoms with Crippen LogP contribution in [-0.4, -0.2) is 48.6 Å². The van der Waals surface area contributed by atoms with E-state index in [0.717, 1.165) is 35.9 Å². The number of hydrogen-bond donors (Lipinski definition) is 1. The molecule has 69 heavy (non-hydrogen) atoms. The van der Waals surface area contributed by atoms with Crippen LogP contribution in [0.4, 0.5) is 0 Å². The van der Waals surface area contributed by atoms with Crippen LogP contribution in [0.1, 0.15) is 65.8 Å². The van der Waals surface area contributed by atoms with Gasteiger partial charge < -0.3 is 9.47 Å². The van der Waals surface area contributed by atoms with Gasteiger partial charge in [0.25, 0.3) is 0 Å². The molecule has 0 bridgehead atoms. The summed E-state index contributed by atoms with van der Waals surface area (Å²) in [5.41, 5.74) is 6.06. The van der Waals surface area contributed by atoms with Crippen molar-refractivity contribution < 1.29 is 38.2 Å². The molecule has 0 radical (unpaired) electrons. The molecule has 6 heterocycles. The van der Waals surface area contributed by atoms with E-state index >= 15 is 0 Å². The summed E-state index contributed by atoms with van der Waals surface area (Å²) >= 11 is 20.8. The maximum atomic E-state index is 12.9. The molecule has 6 aromatic heterocycles. The number of carbonyl (C=O) groups excluding carboxylic acids is 6. The van der Waals surface area contributed by atoms with Gasteiger partial charge in [-0.15, -0.1) is 68.0 Å². The zero-order valence-electron chi connectivity index (χ0n) is 36.8. The van der Waals surface area contributed by atoms with Crippen molar-refractivity contribution in [3.8, 4) is 22.3 Å². The first-order valence-electron chi connectivity index (χ1n) is 21.1. The van der Waals surface area contributed by atoms with Crippen LogP contribution in [0, 0.1) is 0 Å². The number of thiol groups is 1. The van der Waals surface area contributed by atoms with E-state index in [1.807, 2.05) is 120 Å². The highest BCUT2D eigenvalue weighted by molar-refractivity contribution is 9.11. The van der Waals surface area contributed by atoms with Crippen LogP contribution in [0.15, 0.2) is 130 Å². The Balaban J connectivity index is 0.000000174. The fourth-order valence-corrected chi connectivity index (χ4v) is 17.6. The zero-order valence-corrected chi connectivity index (χ0v) is 45.8. The van der Waals surface area contributed by atoms with Gasteiger partial charge in [-0.3, -0.25) is 14.4 Å². The Labute approximate surface area is 443 Å². The summed E-state index contributed by atoms with van der Waals surface area (Å²) in [7, 11) is 0. The lowest BCUT2D eigenvalue weighted by molar-refractivity contribution is -0.191. The minimum Gasteiger partial charge on any atom is -0.465 e. The number of rotatable bonds is 11. The third-order valence-electron chi connectivity index (χ3n) is 10.1. The van der Waals surface area contributed by atoms with E-state index < -0.39 is 0 Å². The smallest absolute Gasteiger partial charge is 0.373 e. The van der Waals surface area contributed by atoms with Crippen LogP contribution < -0.4 is 0 Å². The van der Waals surface area contributed by atoms with E-state index in [1.54, 1.807) is 18.3 Å². The van der Waals surface area contributed by atoms with Crippen LogP contribution in [-0.2, 0) is 30.3 Å². The van der Waals surface area contributed by atoms with E-state index in [4.69, 9.17) is 14.3 Å². The number of fused-ring (bicyclic) bond motifs is 6. The summed E-state index contributed by atoms with van der Waals surface area (Å²) in [5, 5.41) is 0. The van der Waals surface area contributed by atoms with Crippen molar-refractivity contribution in [1.29, 1.82) is 0 Å². The third kappa shape index (κ3) is 11.2. The molecule has 0 fully saturated rings. The van der Waals surface area contributed by atoms with Crippen LogP contribution in [0.25, 0.3) is 59.9 Å². The molecule has 350 valence electrons. The first kappa shape index (κ1) is 51.9.